The molecule has 0 aliphatic carbocycles. The van der Waals surface area contributed by atoms with Crippen LogP contribution in [0.5, 0.6) is 0 Å². The summed E-state index contributed by atoms with van der Waals surface area (Å²) < 4.78 is 0. The minimum absolute atomic E-state index is 0.164. The number of carbonyl (C=O) groups is 1. The van der Waals surface area contributed by atoms with Crippen LogP contribution >= 0.6 is 0 Å². The zero-order chi connectivity index (χ0) is 14.4. The normalized spacial score (nSPS) is 11.8. The summed E-state index contributed by atoms with van der Waals surface area (Å²) in [7, 11) is 0. The molecule has 0 aliphatic heterocycles. The molecular weight excluding hydrogens is 252 g/mol. The Morgan fingerprint density at radius 1 is 1.40 bits per heavy atom. The fraction of sp³-hybridized carbons (Fsp3) is 0.200. The third kappa shape index (κ3) is 3.55. The molecule has 0 fully saturated rings. The molecule has 0 saturated carbocycles. The van der Waals surface area contributed by atoms with Crippen LogP contribution in [0.25, 0.3) is 11.3 Å². The third-order valence-electron chi connectivity index (χ3n) is 2.99. The first-order chi connectivity index (χ1) is 9.70. The molecule has 2 rings (SSSR count). The minimum Gasteiger partial charge on any atom is -0.351 e. The molecule has 0 saturated heterocycles. The minimum atomic E-state index is -0.531. The zero-order valence-corrected chi connectivity index (χ0v) is 11.2. The molecular formula is C15H18N4O. The number of nitrogens with zero attached hydrogens (tertiary/aromatic N) is 1. The summed E-state index contributed by atoms with van der Waals surface area (Å²) in [5.41, 5.74) is 8.73. The van der Waals surface area contributed by atoms with Gasteiger partial charge in [-0.2, -0.15) is 5.10 Å². The van der Waals surface area contributed by atoms with Gasteiger partial charge in [-0.25, -0.2) is 0 Å². The van der Waals surface area contributed by atoms with E-state index in [4.69, 9.17) is 5.73 Å². The Morgan fingerprint density at radius 2 is 2.15 bits per heavy atom. The molecule has 1 aromatic heterocycles. The number of benzene rings is 1. The van der Waals surface area contributed by atoms with Crippen LogP contribution in [-0.4, -0.2) is 22.1 Å². The van der Waals surface area contributed by atoms with E-state index in [0.29, 0.717) is 13.0 Å². The first kappa shape index (κ1) is 14.0. The van der Waals surface area contributed by atoms with Crippen LogP contribution in [0, 0.1) is 0 Å². The van der Waals surface area contributed by atoms with Gasteiger partial charge < -0.3 is 11.1 Å². The Balaban J connectivity index is 1.91. The molecule has 0 radical (unpaired) electrons. The van der Waals surface area contributed by atoms with Gasteiger partial charge in [-0.05, 0) is 23.6 Å². The molecule has 104 valence electrons. The maximum absolute atomic E-state index is 11.7. The average Bonchev–Trinajstić information content (AvgIpc) is 2.99. The van der Waals surface area contributed by atoms with Crippen LogP contribution in [0.15, 0.2) is 49.2 Å². The smallest absolute Gasteiger partial charge is 0.237 e. The Morgan fingerprint density at radius 3 is 2.75 bits per heavy atom. The van der Waals surface area contributed by atoms with E-state index in [1.54, 1.807) is 12.3 Å². The SMILES string of the molecule is C=CCC(N)C(=O)NCc1ccc(-c2ccn[nH]2)cc1. The van der Waals surface area contributed by atoms with Crippen LogP contribution in [0.4, 0.5) is 0 Å². The summed E-state index contributed by atoms with van der Waals surface area (Å²) in [5, 5.41) is 9.63. The molecule has 0 spiro atoms. The lowest BCUT2D eigenvalue weighted by atomic mass is 10.1. The molecule has 5 nitrogen and oxygen atoms in total. The summed E-state index contributed by atoms with van der Waals surface area (Å²) >= 11 is 0. The van der Waals surface area contributed by atoms with E-state index in [0.717, 1.165) is 16.8 Å². The van der Waals surface area contributed by atoms with Crippen molar-refractivity contribution in [2.45, 2.75) is 19.0 Å². The number of rotatable bonds is 6. The number of nitrogens with one attached hydrogen (secondary N) is 2. The first-order valence-corrected chi connectivity index (χ1v) is 6.43. The van der Waals surface area contributed by atoms with E-state index in [1.165, 1.54) is 0 Å². The summed E-state index contributed by atoms with van der Waals surface area (Å²) in [5.74, 6) is -0.164. The topological polar surface area (TPSA) is 83.8 Å². The number of hydrogen-bond acceptors (Lipinski definition) is 3. The van der Waals surface area contributed by atoms with Gasteiger partial charge in [-0.1, -0.05) is 30.3 Å². The van der Waals surface area contributed by atoms with Gasteiger partial charge in [0.1, 0.15) is 0 Å². The molecule has 5 heteroatoms. The maximum Gasteiger partial charge on any atom is 0.237 e. The maximum atomic E-state index is 11.7. The van der Waals surface area contributed by atoms with Crippen LogP contribution in [0.3, 0.4) is 0 Å². The Hall–Kier alpha value is -2.40. The van der Waals surface area contributed by atoms with Crippen LogP contribution in [0.2, 0.25) is 0 Å². The van der Waals surface area contributed by atoms with Crippen molar-refractivity contribution in [3.05, 3.63) is 54.7 Å². The number of nitrogens with two attached hydrogens (primary N) is 1. The van der Waals surface area contributed by atoms with Crippen molar-refractivity contribution in [2.24, 2.45) is 5.73 Å². The third-order valence-corrected chi connectivity index (χ3v) is 2.99. The Labute approximate surface area is 117 Å². The van der Waals surface area contributed by atoms with Crippen LogP contribution in [-0.2, 0) is 11.3 Å². The molecule has 1 heterocycles. The van der Waals surface area contributed by atoms with Crippen molar-refractivity contribution in [1.82, 2.24) is 15.5 Å². The van der Waals surface area contributed by atoms with Gasteiger partial charge in [0.05, 0.1) is 11.7 Å². The largest absolute Gasteiger partial charge is 0.351 e. The second kappa shape index (κ2) is 6.68. The summed E-state index contributed by atoms with van der Waals surface area (Å²) in [4.78, 5) is 11.7. The monoisotopic (exact) mass is 270 g/mol. The molecule has 1 atom stereocenters. The van der Waals surface area contributed by atoms with Crippen molar-refractivity contribution >= 4 is 5.91 Å². The van der Waals surface area contributed by atoms with Gasteiger partial charge in [0.25, 0.3) is 0 Å². The highest BCUT2D eigenvalue weighted by Gasteiger charge is 2.10. The number of H-pyrrole nitrogens is 1. The fourth-order valence-electron chi connectivity index (χ4n) is 1.83. The highest BCUT2D eigenvalue weighted by molar-refractivity contribution is 5.81. The van der Waals surface area contributed by atoms with Crippen molar-refractivity contribution in [3.63, 3.8) is 0 Å². The quantitative estimate of drug-likeness (QED) is 0.697. The zero-order valence-electron chi connectivity index (χ0n) is 11.2. The molecule has 0 bridgehead atoms. The van der Waals surface area contributed by atoms with Crippen LogP contribution < -0.4 is 11.1 Å². The molecule has 1 unspecified atom stereocenters. The average molecular weight is 270 g/mol. The van der Waals surface area contributed by atoms with Gasteiger partial charge in [0.2, 0.25) is 5.91 Å². The second-order valence-electron chi connectivity index (χ2n) is 4.52. The van der Waals surface area contributed by atoms with Gasteiger partial charge in [0, 0.05) is 12.7 Å². The summed E-state index contributed by atoms with van der Waals surface area (Å²) in [6.07, 6.45) is 3.83. The molecule has 20 heavy (non-hydrogen) atoms. The number of aromatic nitrogens is 2. The molecule has 4 N–H and O–H groups in total. The predicted molar refractivity (Wildman–Crippen MR) is 78.7 cm³/mol. The van der Waals surface area contributed by atoms with E-state index in [9.17, 15) is 4.79 Å². The summed E-state index contributed by atoms with van der Waals surface area (Å²) in [6, 6.07) is 9.28. The van der Waals surface area contributed by atoms with E-state index in [2.05, 4.69) is 22.1 Å². The lowest BCUT2D eigenvalue weighted by Crippen LogP contribution is -2.39. The number of hydrogen-bond donors (Lipinski definition) is 3. The first-order valence-electron chi connectivity index (χ1n) is 6.43. The van der Waals surface area contributed by atoms with E-state index >= 15 is 0 Å². The van der Waals surface area contributed by atoms with Gasteiger partial charge in [-0.15, -0.1) is 6.58 Å². The van der Waals surface area contributed by atoms with E-state index in [1.807, 2.05) is 30.3 Å². The fourth-order valence-corrected chi connectivity index (χ4v) is 1.83. The molecule has 1 amide bonds. The lowest BCUT2D eigenvalue weighted by Gasteiger charge is -2.10. The van der Waals surface area contributed by atoms with Crippen molar-refractivity contribution in [3.8, 4) is 11.3 Å². The van der Waals surface area contributed by atoms with Gasteiger partial charge in [0.15, 0.2) is 0 Å². The Kier molecular flexibility index (Phi) is 4.68. The van der Waals surface area contributed by atoms with Crippen LogP contribution in [0.1, 0.15) is 12.0 Å². The van der Waals surface area contributed by atoms with Gasteiger partial charge >= 0.3 is 0 Å². The highest BCUT2D eigenvalue weighted by atomic mass is 16.2. The Bertz CT molecular complexity index is 560. The molecule has 2 aromatic rings. The van der Waals surface area contributed by atoms with E-state index < -0.39 is 6.04 Å². The predicted octanol–water partition coefficient (Wildman–Crippen LogP) is 1.60. The second-order valence-corrected chi connectivity index (χ2v) is 4.52. The van der Waals surface area contributed by atoms with Crippen molar-refractivity contribution in [2.75, 3.05) is 0 Å². The van der Waals surface area contributed by atoms with Crippen molar-refractivity contribution < 1.29 is 4.79 Å². The summed E-state index contributed by atoms with van der Waals surface area (Å²) in [6.45, 7) is 4.03. The van der Waals surface area contributed by atoms with E-state index in [-0.39, 0.29) is 5.91 Å². The standard InChI is InChI=1S/C15H18N4O/c1-2-3-13(16)15(20)17-10-11-4-6-12(7-5-11)14-8-9-18-19-14/h2,4-9,13H,1,3,10,16H2,(H,17,20)(H,18,19). The van der Waals surface area contributed by atoms with Gasteiger partial charge in [-0.3, -0.25) is 9.89 Å². The molecule has 1 aromatic carbocycles. The highest BCUT2D eigenvalue weighted by Crippen LogP contribution is 2.16. The number of amides is 1. The number of aromatic amines is 1. The number of carbonyl (C=O) groups excluding carboxylic acids is 1. The molecule has 0 aliphatic rings. The van der Waals surface area contributed by atoms with Crippen molar-refractivity contribution in [1.29, 1.82) is 0 Å². The lowest BCUT2D eigenvalue weighted by molar-refractivity contribution is -0.122.